The lowest BCUT2D eigenvalue weighted by atomic mass is 10.2. The summed E-state index contributed by atoms with van der Waals surface area (Å²) in [5, 5.41) is 0. The Hall–Kier alpha value is -1.98. The van der Waals surface area contributed by atoms with Gasteiger partial charge in [-0.1, -0.05) is 42.5 Å². The highest BCUT2D eigenvalue weighted by Crippen LogP contribution is 2.12. The molecule has 0 aliphatic carbocycles. The molecule has 2 aromatic rings. The molecule has 1 aliphatic rings. The van der Waals surface area contributed by atoms with Gasteiger partial charge in [-0.2, -0.15) is 0 Å². The summed E-state index contributed by atoms with van der Waals surface area (Å²) in [6.45, 7) is 4.34. The molecular weight excluding hydrogens is 294 g/mol. The van der Waals surface area contributed by atoms with Gasteiger partial charge >= 0.3 is 0 Å². The van der Waals surface area contributed by atoms with Gasteiger partial charge in [-0.25, -0.2) is 0 Å². The highest BCUT2D eigenvalue weighted by atomic mass is 32.1. The molecule has 1 fully saturated rings. The first-order valence-electron chi connectivity index (χ1n) is 7.44. The number of carbonyl (C=O) groups is 1. The number of hydrogen-bond acceptors (Lipinski definition) is 4. The molecule has 0 N–H and O–H groups in total. The molecule has 22 heavy (non-hydrogen) atoms. The quantitative estimate of drug-likeness (QED) is 0.870. The number of nitrogens with zero attached hydrogens (tertiary/aromatic N) is 3. The van der Waals surface area contributed by atoms with E-state index in [1.807, 2.05) is 23.1 Å². The third-order valence-electron chi connectivity index (χ3n) is 3.78. The van der Waals surface area contributed by atoms with Crippen LogP contribution in [0.3, 0.4) is 0 Å². The van der Waals surface area contributed by atoms with E-state index < -0.39 is 0 Å². The van der Waals surface area contributed by atoms with Crippen molar-refractivity contribution in [2.75, 3.05) is 32.7 Å². The Balaban J connectivity index is 1.46. The highest BCUT2D eigenvalue weighted by Gasteiger charge is 2.22. The van der Waals surface area contributed by atoms with Crippen molar-refractivity contribution in [3.8, 4) is 0 Å². The number of hydrogen-bond donors (Lipinski definition) is 0. The molecule has 0 atom stereocenters. The minimum absolute atomic E-state index is 0.113. The predicted molar refractivity (Wildman–Crippen MR) is 89.9 cm³/mol. The molecule has 4 nitrogen and oxygen atoms in total. The minimum atomic E-state index is 0.113. The summed E-state index contributed by atoms with van der Waals surface area (Å²) >= 11 is 1.41. The Morgan fingerprint density at radius 3 is 2.64 bits per heavy atom. The number of rotatable bonds is 4. The lowest BCUT2D eigenvalue weighted by Crippen LogP contribution is -2.48. The van der Waals surface area contributed by atoms with Gasteiger partial charge in [0.1, 0.15) is 4.88 Å². The molecule has 0 spiro atoms. The van der Waals surface area contributed by atoms with Gasteiger partial charge in [-0.15, -0.1) is 11.3 Å². The number of carbonyl (C=O) groups excluding carboxylic acids is 1. The normalized spacial score (nSPS) is 16.3. The third kappa shape index (κ3) is 3.81. The van der Waals surface area contributed by atoms with Crippen molar-refractivity contribution in [1.82, 2.24) is 14.8 Å². The zero-order chi connectivity index (χ0) is 15.2. The Morgan fingerprint density at radius 1 is 1.18 bits per heavy atom. The molecule has 3 rings (SSSR count). The summed E-state index contributed by atoms with van der Waals surface area (Å²) in [4.78, 5) is 21.2. The van der Waals surface area contributed by atoms with Crippen LogP contribution in [0.5, 0.6) is 0 Å². The van der Waals surface area contributed by atoms with Gasteiger partial charge < -0.3 is 4.90 Å². The highest BCUT2D eigenvalue weighted by molar-refractivity contribution is 7.11. The molecule has 2 heterocycles. The molecule has 1 amide bonds. The molecule has 0 saturated carbocycles. The molecule has 1 aromatic heterocycles. The second-order valence-electron chi connectivity index (χ2n) is 5.27. The van der Waals surface area contributed by atoms with Crippen LogP contribution < -0.4 is 0 Å². The number of benzene rings is 1. The third-order valence-corrected chi connectivity index (χ3v) is 4.54. The number of thiazole rings is 1. The van der Waals surface area contributed by atoms with Crippen LogP contribution >= 0.6 is 11.3 Å². The topological polar surface area (TPSA) is 36.4 Å². The Bertz CT molecular complexity index is 617. The summed E-state index contributed by atoms with van der Waals surface area (Å²) in [5.41, 5.74) is 2.93. The van der Waals surface area contributed by atoms with Gasteiger partial charge in [-0.3, -0.25) is 14.7 Å². The van der Waals surface area contributed by atoms with Crippen molar-refractivity contribution >= 4 is 23.3 Å². The second kappa shape index (κ2) is 7.33. The van der Waals surface area contributed by atoms with Crippen LogP contribution in [0.15, 0.2) is 48.1 Å². The Morgan fingerprint density at radius 2 is 1.95 bits per heavy atom. The number of amides is 1. The molecule has 0 bridgehead atoms. The Labute approximate surface area is 134 Å². The van der Waals surface area contributed by atoms with Crippen LogP contribution in [0, 0.1) is 0 Å². The molecule has 1 aliphatic heterocycles. The van der Waals surface area contributed by atoms with Crippen molar-refractivity contribution in [3.05, 3.63) is 58.6 Å². The largest absolute Gasteiger partial charge is 0.335 e. The van der Waals surface area contributed by atoms with Crippen molar-refractivity contribution in [2.24, 2.45) is 0 Å². The summed E-state index contributed by atoms with van der Waals surface area (Å²) in [5.74, 6) is 0.113. The van der Waals surface area contributed by atoms with Crippen molar-refractivity contribution in [1.29, 1.82) is 0 Å². The fourth-order valence-electron chi connectivity index (χ4n) is 2.51. The van der Waals surface area contributed by atoms with Crippen molar-refractivity contribution in [3.63, 3.8) is 0 Å². The summed E-state index contributed by atoms with van der Waals surface area (Å²) in [7, 11) is 0. The first-order chi connectivity index (χ1) is 10.8. The zero-order valence-electron chi connectivity index (χ0n) is 12.4. The van der Waals surface area contributed by atoms with Gasteiger partial charge in [0.2, 0.25) is 0 Å². The van der Waals surface area contributed by atoms with Crippen LogP contribution in [0.2, 0.25) is 0 Å². The lowest BCUT2D eigenvalue weighted by Gasteiger charge is -2.33. The summed E-state index contributed by atoms with van der Waals surface area (Å²) < 4.78 is 0. The van der Waals surface area contributed by atoms with Gasteiger partial charge in [0, 0.05) is 32.7 Å². The van der Waals surface area contributed by atoms with E-state index in [0.717, 1.165) is 37.6 Å². The lowest BCUT2D eigenvalue weighted by molar-refractivity contribution is 0.0655. The minimum Gasteiger partial charge on any atom is -0.335 e. The van der Waals surface area contributed by atoms with Crippen LogP contribution in [-0.2, 0) is 0 Å². The Kier molecular flexibility index (Phi) is 4.98. The average Bonchev–Trinajstić information content (AvgIpc) is 3.10. The van der Waals surface area contributed by atoms with E-state index in [1.165, 1.54) is 16.9 Å². The van der Waals surface area contributed by atoms with Gasteiger partial charge in [0.05, 0.1) is 11.7 Å². The fourth-order valence-corrected chi connectivity index (χ4v) is 3.10. The second-order valence-corrected chi connectivity index (χ2v) is 6.16. The molecular formula is C17H19N3OS. The average molecular weight is 313 g/mol. The van der Waals surface area contributed by atoms with E-state index in [0.29, 0.717) is 0 Å². The summed E-state index contributed by atoms with van der Waals surface area (Å²) in [6.07, 6.45) is 5.99. The monoisotopic (exact) mass is 313 g/mol. The van der Waals surface area contributed by atoms with Gasteiger partial charge in [0.25, 0.3) is 5.91 Å². The smallest absolute Gasteiger partial charge is 0.265 e. The molecule has 0 radical (unpaired) electrons. The molecule has 1 aromatic carbocycles. The maximum Gasteiger partial charge on any atom is 0.265 e. The fraction of sp³-hybridized carbons (Fsp3) is 0.294. The van der Waals surface area contributed by atoms with Crippen molar-refractivity contribution < 1.29 is 4.79 Å². The van der Waals surface area contributed by atoms with Crippen molar-refractivity contribution in [2.45, 2.75) is 0 Å². The number of piperazine rings is 1. The molecule has 1 saturated heterocycles. The van der Waals surface area contributed by atoms with E-state index in [1.54, 1.807) is 11.7 Å². The maximum atomic E-state index is 12.2. The molecule has 0 unspecified atom stereocenters. The maximum absolute atomic E-state index is 12.2. The van der Waals surface area contributed by atoms with E-state index in [4.69, 9.17) is 0 Å². The van der Waals surface area contributed by atoms with Crippen LogP contribution in [0.1, 0.15) is 15.2 Å². The van der Waals surface area contributed by atoms with Crippen LogP contribution in [0.25, 0.3) is 6.08 Å². The molecule has 5 heteroatoms. The van der Waals surface area contributed by atoms with Crippen LogP contribution in [0.4, 0.5) is 0 Å². The molecule has 114 valence electrons. The standard InChI is InChI=1S/C17H19N3OS/c21-17(16-13-18-14-22-16)20-11-9-19(10-12-20)8-4-7-15-5-2-1-3-6-15/h1-7,13-14H,8-12H2/b7-4+. The predicted octanol–water partition coefficient (Wildman–Crippen LogP) is 2.61. The zero-order valence-corrected chi connectivity index (χ0v) is 13.2. The van der Waals surface area contributed by atoms with Gasteiger partial charge in [-0.05, 0) is 5.56 Å². The van der Waals surface area contributed by atoms with E-state index in [9.17, 15) is 4.79 Å². The van der Waals surface area contributed by atoms with E-state index in [-0.39, 0.29) is 5.91 Å². The first kappa shape index (κ1) is 14.9. The number of aromatic nitrogens is 1. The van der Waals surface area contributed by atoms with Crippen LogP contribution in [-0.4, -0.2) is 53.4 Å². The van der Waals surface area contributed by atoms with Gasteiger partial charge in [0.15, 0.2) is 0 Å². The SMILES string of the molecule is O=C(c1cncs1)N1CCN(C/C=C/c2ccccc2)CC1. The summed E-state index contributed by atoms with van der Waals surface area (Å²) in [6, 6.07) is 10.3. The first-order valence-corrected chi connectivity index (χ1v) is 8.32. The van der Waals surface area contributed by atoms with E-state index >= 15 is 0 Å². The van der Waals surface area contributed by atoms with E-state index in [2.05, 4.69) is 34.2 Å².